The zero-order chi connectivity index (χ0) is 13.1. The number of nitrogen functional groups attached to an aromatic ring is 1. The van der Waals surface area contributed by atoms with Gasteiger partial charge in [-0.1, -0.05) is 0 Å². The molecule has 0 unspecified atom stereocenters. The van der Waals surface area contributed by atoms with Crippen LogP contribution in [0.5, 0.6) is 5.88 Å². The molecule has 0 aromatic carbocycles. The molecule has 17 heavy (non-hydrogen) atoms. The van der Waals surface area contributed by atoms with Gasteiger partial charge in [-0.3, -0.25) is 0 Å². The average molecular weight is 250 g/mol. The third-order valence-electron chi connectivity index (χ3n) is 1.89. The second kappa shape index (κ2) is 5.07. The van der Waals surface area contributed by atoms with E-state index in [1.807, 2.05) is 0 Å². The van der Waals surface area contributed by atoms with Crippen LogP contribution < -0.4 is 15.4 Å². The Bertz CT molecular complexity index is 383. The number of rotatable bonds is 4. The average Bonchev–Trinajstić information content (AvgIpc) is 2.18. The number of hydrogen-bond acceptors (Lipinski definition) is 5. The SMILES string of the molecule is CCOc1ncnc(N(C)CC(F)(F)F)c1N. The van der Waals surface area contributed by atoms with Gasteiger partial charge in [0, 0.05) is 7.05 Å². The predicted molar refractivity (Wildman–Crippen MR) is 56.9 cm³/mol. The van der Waals surface area contributed by atoms with Crippen molar-refractivity contribution in [3.63, 3.8) is 0 Å². The maximum absolute atomic E-state index is 12.2. The van der Waals surface area contributed by atoms with Crippen LogP contribution in [0.15, 0.2) is 6.33 Å². The molecule has 8 heteroatoms. The number of ether oxygens (including phenoxy) is 1. The van der Waals surface area contributed by atoms with E-state index in [1.165, 1.54) is 7.05 Å². The first-order valence-corrected chi connectivity index (χ1v) is 4.86. The predicted octanol–water partition coefficient (Wildman–Crippen LogP) is 1.46. The fourth-order valence-corrected chi connectivity index (χ4v) is 1.27. The van der Waals surface area contributed by atoms with Crippen LogP contribution in [0.2, 0.25) is 0 Å². The molecule has 0 fully saturated rings. The van der Waals surface area contributed by atoms with Crippen molar-refractivity contribution in [2.45, 2.75) is 13.1 Å². The molecule has 1 aromatic heterocycles. The zero-order valence-electron chi connectivity index (χ0n) is 9.45. The fourth-order valence-electron chi connectivity index (χ4n) is 1.27. The molecule has 0 saturated heterocycles. The molecule has 1 heterocycles. The topological polar surface area (TPSA) is 64.3 Å². The molecular weight excluding hydrogens is 237 g/mol. The number of halogens is 3. The Morgan fingerprint density at radius 2 is 2.06 bits per heavy atom. The highest BCUT2D eigenvalue weighted by atomic mass is 19.4. The number of anilines is 2. The minimum Gasteiger partial charge on any atom is -0.476 e. The van der Waals surface area contributed by atoms with Gasteiger partial charge in [0.1, 0.15) is 18.6 Å². The molecule has 0 atom stereocenters. The molecule has 0 saturated carbocycles. The van der Waals surface area contributed by atoms with Gasteiger partial charge in [0.25, 0.3) is 0 Å². The summed E-state index contributed by atoms with van der Waals surface area (Å²) in [5, 5.41) is 0. The molecule has 1 rings (SSSR count). The van der Waals surface area contributed by atoms with Crippen LogP contribution in [0.4, 0.5) is 24.7 Å². The van der Waals surface area contributed by atoms with Crippen LogP contribution in [-0.4, -0.2) is 36.3 Å². The van der Waals surface area contributed by atoms with Crippen LogP contribution in [0.25, 0.3) is 0 Å². The van der Waals surface area contributed by atoms with Gasteiger partial charge in [-0.15, -0.1) is 0 Å². The molecule has 0 bridgehead atoms. The van der Waals surface area contributed by atoms with Crippen molar-refractivity contribution < 1.29 is 17.9 Å². The van der Waals surface area contributed by atoms with Gasteiger partial charge >= 0.3 is 6.18 Å². The van der Waals surface area contributed by atoms with Gasteiger partial charge in [0.15, 0.2) is 5.82 Å². The van der Waals surface area contributed by atoms with E-state index in [-0.39, 0.29) is 17.4 Å². The summed E-state index contributed by atoms with van der Waals surface area (Å²) in [7, 11) is 1.25. The van der Waals surface area contributed by atoms with Crippen molar-refractivity contribution in [2.75, 3.05) is 30.8 Å². The standard InChI is InChI=1S/C9H13F3N4O/c1-3-17-8-6(13)7(14-5-15-8)16(2)4-9(10,11)12/h5H,3-4,13H2,1-2H3. The minimum atomic E-state index is -4.32. The van der Waals surface area contributed by atoms with Crippen LogP contribution in [0.1, 0.15) is 6.92 Å². The molecular formula is C9H13F3N4O. The van der Waals surface area contributed by atoms with Crippen molar-refractivity contribution in [3.05, 3.63) is 6.33 Å². The first-order chi connectivity index (χ1) is 7.85. The van der Waals surface area contributed by atoms with E-state index >= 15 is 0 Å². The Morgan fingerprint density at radius 3 is 2.59 bits per heavy atom. The van der Waals surface area contributed by atoms with Crippen molar-refractivity contribution in [1.82, 2.24) is 9.97 Å². The van der Waals surface area contributed by atoms with Gasteiger partial charge in [-0.25, -0.2) is 4.98 Å². The summed E-state index contributed by atoms with van der Waals surface area (Å²) >= 11 is 0. The second-order valence-corrected chi connectivity index (χ2v) is 3.32. The van der Waals surface area contributed by atoms with Gasteiger partial charge in [0.2, 0.25) is 5.88 Å². The lowest BCUT2D eigenvalue weighted by Crippen LogP contribution is -2.32. The number of nitrogens with zero attached hydrogens (tertiary/aromatic N) is 3. The molecule has 0 aliphatic carbocycles. The highest BCUT2D eigenvalue weighted by Crippen LogP contribution is 2.28. The summed E-state index contributed by atoms with van der Waals surface area (Å²) in [6.45, 7) is 0.907. The first kappa shape index (κ1) is 13.3. The Balaban J connectivity index is 2.94. The molecule has 96 valence electrons. The largest absolute Gasteiger partial charge is 0.476 e. The van der Waals surface area contributed by atoms with E-state index in [4.69, 9.17) is 10.5 Å². The highest BCUT2D eigenvalue weighted by molar-refractivity contribution is 5.67. The van der Waals surface area contributed by atoms with Gasteiger partial charge in [0.05, 0.1) is 6.61 Å². The lowest BCUT2D eigenvalue weighted by Gasteiger charge is -2.21. The third kappa shape index (κ3) is 3.65. The lowest BCUT2D eigenvalue weighted by atomic mass is 10.4. The maximum atomic E-state index is 12.2. The van der Waals surface area contributed by atoms with Crippen molar-refractivity contribution in [3.8, 4) is 5.88 Å². The van der Waals surface area contributed by atoms with Gasteiger partial charge in [-0.2, -0.15) is 18.2 Å². The summed E-state index contributed by atoms with van der Waals surface area (Å²) in [5.41, 5.74) is 5.63. The van der Waals surface area contributed by atoms with Crippen LogP contribution >= 0.6 is 0 Å². The van der Waals surface area contributed by atoms with Crippen molar-refractivity contribution in [1.29, 1.82) is 0 Å². The van der Waals surface area contributed by atoms with Crippen molar-refractivity contribution in [2.24, 2.45) is 0 Å². The van der Waals surface area contributed by atoms with E-state index < -0.39 is 12.7 Å². The van der Waals surface area contributed by atoms with E-state index in [0.29, 0.717) is 6.61 Å². The summed E-state index contributed by atoms with van der Waals surface area (Å²) in [6, 6.07) is 0. The molecule has 0 aliphatic heterocycles. The Hall–Kier alpha value is -1.73. The van der Waals surface area contributed by atoms with Gasteiger partial charge < -0.3 is 15.4 Å². The number of aromatic nitrogens is 2. The lowest BCUT2D eigenvalue weighted by molar-refractivity contribution is -0.119. The normalized spacial score (nSPS) is 11.4. The smallest absolute Gasteiger partial charge is 0.405 e. The fraction of sp³-hybridized carbons (Fsp3) is 0.556. The quantitative estimate of drug-likeness (QED) is 0.876. The monoisotopic (exact) mass is 250 g/mol. The van der Waals surface area contributed by atoms with E-state index in [1.54, 1.807) is 6.92 Å². The van der Waals surface area contributed by atoms with E-state index in [9.17, 15) is 13.2 Å². The molecule has 0 radical (unpaired) electrons. The summed E-state index contributed by atoms with van der Waals surface area (Å²) in [4.78, 5) is 8.36. The third-order valence-corrected chi connectivity index (χ3v) is 1.89. The number of hydrogen-bond donors (Lipinski definition) is 1. The van der Waals surface area contributed by atoms with Crippen LogP contribution in [0.3, 0.4) is 0 Å². The molecule has 5 nitrogen and oxygen atoms in total. The van der Waals surface area contributed by atoms with Crippen LogP contribution in [-0.2, 0) is 0 Å². The van der Waals surface area contributed by atoms with Crippen LogP contribution in [0, 0.1) is 0 Å². The molecule has 0 aliphatic rings. The van der Waals surface area contributed by atoms with Crippen molar-refractivity contribution >= 4 is 11.5 Å². The highest BCUT2D eigenvalue weighted by Gasteiger charge is 2.30. The number of nitrogens with two attached hydrogens (primary N) is 1. The molecule has 2 N–H and O–H groups in total. The number of alkyl halides is 3. The van der Waals surface area contributed by atoms with E-state index in [2.05, 4.69) is 9.97 Å². The molecule has 1 aromatic rings. The van der Waals surface area contributed by atoms with Gasteiger partial charge in [-0.05, 0) is 6.92 Å². The summed E-state index contributed by atoms with van der Waals surface area (Å²) < 4.78 is 41.7. The summed E-state index contributed by atoms with van der Waals surface area (Å²) in [6.07, 6.45) is -3.21. The Labute approximate surface area is 96.4 Å². The summed E-state index contributed by atoms with van der Waals surface area (Å²) in [5.74, 6) is 0.0901. The Kier molecular flexibility index (Phi) is 3.97. The first-order valence-electron chi connectivity index (χ1n) is 4.86. The molecule has 0 spiro atoms. The second-order valence-electron chi connectivity index (χ2n) is 3.32. The maximum Gasteiger partial charge on any atom is 0.405 e. The molecule has 0 amide bonds. The zero-order valence-corrected chi connectivity index (χ0v) is 9.45. The minimum absolute atomic E-state index is 0.000718. The Morgan fingerprint density at radius 1 is 1.41 bits per heavy atom. The van der Waals surface area contributed by atoms with E-state index in [0.717, 1.165) is 11.2 Å².